The minimum Gasteiger partial charge on any atom is -0.398 e. The Morgan fingerprint density at radius 2 is 1.71 bits per heavy atom. The van der Waals surface area contributed by atoms with Gasteiger partial charge in [-0.1, -0.05) is 26.0 Å². The van der Waals surface area contributed by atoms with Gasteiger partial charge < -0.3 is 10.6 Å². The highest BCUT2D eigenvalue weighted by atomic mass is 16.2. The maximum Gasteiger partial charge on any atom is 0.255 e. The van der Waals surface area contributed by atoms with Gasteiger partial charge in [-0.3, -0.25) is 4.79 Å². The van der Waals surface area contributed by atoms with Gasteiger partial charge in [-0.2, -0.15) is 0 Å². The number of hydrogen-bond acceptors (Lipinski definition) is 2. The molecule has 0 aliphatic heterocycles. The Balaban J connectivity index is 0.000000791. The molecule has 0 spiro atoms. The third-order valence-corrected chi connectivity index (χ3v) is 1.60. The summed E-state index contributed by atoms with van der Waals surface area (Å²) in [6.45, 7) is 4.00. The Bertz CT molecular complexity index is 295. The average Bonchev–Trinajstić information content (AvgIpc) is 2.20. The van der Waals surface area contributed by atoms with Crippen molar-refractivity contribution in [3.05, 3.63) is 29.8 Å². The molecule has 0 bridgehead atoms. The summed E-state index contributed by atoms with van der Waals surface area (Å²) in [5.74, 6) is -0.0619. The summed E-state index contributed by atoms with van der Waals surface area (Å²) >= 11 is 0. The zero-order valence-corrected chi connectivity index (χ0v) is 9.24. The molecule has 3 nitrogen and oxygen atoms in total. The van der Waals surface area contributed by atoms with E-state index in [-0.39, 0.29) is 5.91 Å². The van der Waals surface area contributed by atoms with Crippen molar-refractivity contribution in [1.29, 1.82) is 0 Å². The molecule has 1 aromatic carbocycles. The van der Waals surface area contributed by atoms with Crippen molar-refractivity contribution in [2.75, 3.05) is 19.8 Å². The monoisotopic (exact) mass is 194 g/mol. The minimum atomic E-state index is -0.0619. The first-order valence-electron chi connectivity index (χ1n) is 4.69. The molecule has 1 amide bonds. The molecule has 0 heterocycles. The Kier molecular flexibility index (Phi) is 5.37. The molecule has 1 aromatic rings. The van der Waals surface area contributed by atoms with Crippen LogP contribution in [0.15, 0.2) is 24.3 Å². The lowest BCUT2D eigenvalue weighted by Gasteiger charge is -2.11. The molecule has 0 unspecified atom stereocenters. The molecule has 14 heavy (non-hydrogen) atoms. The first-order chi connectivity index (χ1) is 6.63. The molecule has 0 atom stereocenters. The van der Waals surface area contributed by atoms with E-state index < -0.39 is 0 Å². The number of carbonyl (C=O) groups is 1. The minimum absolute atomic E-state index is 0.0619. The van der Waals surface area contributed by atoms with E-state index in [1.54, 1.807) is 32.3 Å². The molecular formula is C11H18N2O. The summed E-state index contributed by atoms with van der Waals surface area (Å²) in [7, 11) is 3.41. The van der Waals surface area contributed by atoms with Gasteiger partial charge in [0.2, 0.25) is 0 Å². The summed E-state index contributed by atoms with van der Waals surface area (Å²) in [5, 5.41) is 0. The number of carbonyl (C=O) groups excluding carboxylic acids is 1. The second-order valence-electron chi connectivity index (χ2n) is 2.79. The van der Waals surface area contributed by atoms with Gasteiger partial charge in [-0.15, -0.1) is 0 Å². The Morgan fingerprint density at radius 3 is 2.14 bits per heavy atom. The maximum absolute atomic E-state index is 11.4. The molecule has 0 fully saturated rings. The number of anilines is 1. The number of nitrogens with two attached hydrogens (primary N) is 1. The first kappa shape index (κ1) is 12.5. The molecule has 0 aliphatic carbocycles. The van der Waals surface area contributed by atoms with E-state index in [9.17, 15) is 4.79 Å². The lowest BCUT2D eigenvalue weighted by atomic mass is 10.1. The van der Waals surface area contributed by atoms with Gasteiger partial charge in [-0.25, -0.2) is 0 Å². The van der Waals surface area contributed by atoms with Crippen molar-refractivity contribution in [3.63, 3.8) is 0 Å². The Morgan fingerprint density at radius 1 is 1.21 bits per heavy atom. The largest absolute Gasteiger partial charge is 0.398 e. The van der Waals surface area contributed by atoms with Crippen molar-refractivity contribution in [3.8, 4) is 0 Å². The Labute approximate surface area is 85.5 Å². The topological polar surface area (TPSA) is 46.3 Å². The van der Waals surface area contributed by atoms with Gasteiger partial charge in [0.25, 0.3) is 5.91 Å². The summed E-state index contributed by atoms with van der Waals surface area (Å²) in [4.78, 5) is 12.9. The highest BCUT2D eigenvalue weighted by Gasteiger charge is 2.09. The van der Waals surface area contributed by atoms with Crippen molar-refractivity contribution in [2.24, 2.45) is 0 Å². The molecule has 0 aromatic heterocycles. The van der Waals surface area contributed by atoms with Crippen LogP contribution in [-0.4, -0.2) is 24.9 Å². The van der Waals surface area contributed by atoms with Crippen LogP contribution in [0.5, 0.6) is 0 Å². The highest BCUT2D eigenvalue weighted by molar-refractivity contribution is 5.98. The van der Waals surface area contributed by atoms with E-state index in [1.807, 2.05) is 19.9 Å². The summed E-state index contributed by atoms with van der Waals surface area (Å²) in [5.41, 5.74) is 6.69. The van der Waals surface area contributed by atoms with E-state index in [1.165, 1.54) is 4.90 Å². The zero-order valence-electron chi connectivity index (χ0n) is 9.24. The van der Waals surface area contributed by atoms with Crippen LogP contribution in [0.25, 0.3) is 0 Å². The van der Waals surface area contributed by atoms with Crippen LogP contribution < -0.4 is 5.73 Å². The van der Waals surface area contributed by atoms with E-state index in [4.69, 9.17) is 5.73 Å². The lowest BCUT2D eigenvalue weighted by Crippen LogP contribution is -2.22. The zero-order chi connectivity index (χ0) is 11.1. The quantitative estimate of drug-likeness (QED) is 0.695. The number of nitrogens with zero attached hydrogens (tertiary/aromatic N) is 1. The molecule has 2 N–H and O–H groups in total. The van der Waals surface area contributed by atoms with E-state index in [0.717, 1.165) is 0 Å². The van der Waals surface area contributed by atoms with Gasteiger partial charge in [0.15, 0.2) is 0 Å². The molecular weight excluding hydrogens is 176 g/mol. The number of para-hydroxylation sites is 1. The van der Waals surface area contributed by atoms with Crippen molar-refractivity contribution in [2.45, 2.75) is 13.8 Å². The van der Waals surface area contributed by atoms with Crippen molar-refractivity contribution >= 4 is 11.6 Å². The van der Waals surface area contributed by atoms with E-state index in [0.29, 0.717) is 11.3 Å². The predicted octanol–water partition coefficient (Wildman–Crippen LogP) is 2.00. The Hall–Kier alpha value is -1.51. The number of rotatable bonds is 1. The molecule has 0 saturated heterocycles. The predicted molar refractivity (Wildman–Crippen MR) is 60.2 cm³/mol. The standard InChI is InChI=1S/C9H12N2O.C2H6/c1-11(2)9(12)7-5-3-4-6-8(7)10;1-2/h3-6H,10H2,1-2H3;1-2H3. The third-order valence-electron chi connectivity index (χ3n) is 1.60. The van der Waals surface area contributed by atoms with Crippen LogP contribution in [-0.2, 0) is 0 Å². The van der Waals surface area contributed by atoms with E-state index in [2.05, 4.69) is 0 Å². The van der Waals surface area contributed by atoms with Crippen LogP contribution in [0.2, 0.25) is 0 Å². The van der Waals surface area contributed by atoms with Crippen LogP contribution in [0.4, 0.5) is 5.69 Å². The fourth-order valence-corrected chi connectivity index (χ4v) is 0.933. The average molecular weight is 194 g/mol. The van der Waals surface area contributed by atoms with E-state index >= 15 is 0 Å². The third kappa shape index (κ3) is 3.09. The van der Waals surface area contributed by atoms with Gasteiger partial charge >= 0.3 is 0 Å². The van der Waals surface area contributed by atoms with Crippen LogP contribution in [0, 0.1) is 0 Å². The molecule has 1 rings (SSSR count). The van der Waals surface area contributed by atoms with Crippen molar-refractivity contribution < 1.29 is 4.79 Å². The summed E-state index contributed by atoms with van der Waals surface area (Å²) in [6.07, 6.45) is 0. The number of amides is 1. The van der Waals surface area contributed by atoms with Gasteiger partial charge in [0, 0.05) is 19.8 Å². The molecule has 0 radical (unpaired) electrons. The second kappa shape index (κ2) is 6.02. The fourth-order valence-electron chi connectivity index (χ4n) is 0.933. The summed E-state index contributed by atoms with van der Waals surface area (Å²) < 4.78 is 0. The summed E-state index contributed by atoms with van der Waals surface area (Å²) in [6, 6.07) is 7.04. The molecule has 0 saturated carbocycles. The maximum atomic E-state index is 11.4. The lowest BCUT2D eigenvalue weighted by molar-refractivity contribution is 0.0828. The molecule has 3 heteroatoms. The number of hydrogen-bond donors (Lipinski definition) is 1. The van der Waals surface area contributed by atoms with Crippen LogP contribution in [0.3, 0.4) is 0 Å². The SMILES string of the molecule is CC.CN(C)C(=O)c1ccccc1N. The van der Waals surface area contributed by atoms with Gasteiger partial charge in [0.1, 0.15) is 0 Å². The second-order valence-corrected chi connectivity index (χ2v) is 2.79. The molecule has 78 valence electrons. The van der Waals surface area contributed by atoms with Gasteiger partial charge in [0.05, 0.1) is 5.56 Å². The van der Waals surface area contributed by atoms with Crippen molar-refractivity contribution in [1.82, 2.24) is 4.90 Å². The van der Waals surface area contributed by atoms with Crippen LogP contribution >= 0.6 is 0 Å². The normalized spacial score (nSPS) is 8.57. The fraction of sp³-hybridized carbons (Fsp3) is 0.364. The number of benzene rings is 1. The number of nitrogen functional groups attached to an aromatic ring is 1. The van der Waals surface area contributed by atoms with Crippen LogP contribution in [0.1, 0.15) is 24.2 Å². The molecule has 0 aliphatic rings. The first-order valence-corrected chi connectivity index (χ1v) is 4.69. The van der Waals surface area contributed by atoms with Gasteiger partial charge in [-0.05, 0) is 12.1 Å². The highest BCUT2D eigenvalue weighted by Crippen LogP contribution is 2.11. The smallest absolute Gasteiger partial charge is 0.255 e.